The number of benzene rings is 1. The molecule has 1 unspecified atom stereocenters. The minimum atomic E-state index is -1.60. The molecular formula is C20H25F3N2O4. The van der Waals surface area contributed by atoms with Gasteiger partial charge in [0.1, 0.15) is 23.4 Å². The second-order valence-electron chi connectivity index (χ2n) is 8.34. The van der Waals surface area contributed by atoms with E-state index in [2.05, 4.69) is 0 Å². The van der Waals surface area contributed by atoms with Gasteiger partial charge in [0.15, 0.2) is 0 Å². The Morgan fingerprint density at radius 3 is 2.38 bits per heavy atom. The highest BCUT2D eigenvalue weighted by atomic mass is 19.1. The van der Waals surface area contributed by atoms with Gasteiger partial charge in [-0.25, -0.2) is 23.0 Å². The number of nitrogens with zero attached hydrogens (tertiary/aromatic N) is 2. The molecule has 2 fully saturated rings. The molecule has 160 valence electrons. The van der Waals surface area contributed by atoms with Crippen molar-refractivity contribution in [1.82, 2.24) is 9.96 Å². The van der Waals surface area contributed by atoms with E-state index in [4.69, 9.17) is 9.57 Å². The number of hydroxylamine groups is 2. The smallest absolute Gasteiger partial charge is 0.410 e. The van der Waals surface area contributed by atoms with E-state index in [1.165, 1.54) is 4.90 Å². The Morgan fingerprint density at radius 2 is 1.79 bits per heavy atom. The van der Waals surface area contributed by atoms with Gasteiger partial charge in [0.25, 0.3) is 5.91 Å². The molecule has 0 aromatic heterocycles. The van der Waals surface area contributed by atoms with E-state index in [1.807, 2.05) is 0 Å². The summed E-state index contributed by atoms with van der Waals surface area (Å²) in [5, 5.41) is 1.02. The van der Waals surface area contributed by atoms with Crippen LogP contribution in [0.5, 0.6) is 0 Å². The Balaban J connectivity index is 1.68. The summed E-state index contributed by atoms with van der Waals surface area (Å²) < 4.78 is 47.2. The van der Waals surface area contributed by atoms with Crippen LogP contribution in [0.4, 0.5) is 18.0 Å². The molecule has 2 heterocycles. The first-order valence-corrected chi connectivity index (χ1v) is 9.59. The van der Waals surface area contributed by atoms with E-state index in [1.54, 1.807) is 20.8 Å². The van der Waals surface area contributed by atoms with Gasteiger partial charge in [0.2, 0.25) is 0 Å². The average molecular weight is 414 g/mol. The van der Waals surface area contributed by atoms with Crippen molar-refractivity contribution in [1.29, 1.82) is 0 Å². The van der Waals surface area contributed by atoms with Crippen molar-refractivity contribution in [2.75, 3.05) is 19.7 Å². The van der Waals surface area contributed by atoms with Crippen LogP contribution in [0.1, 0.15) is 45.2 Å². The van der Waals surface area contributed by atoms with Gasteiger partial charge < -0.3 is 9.64 Å². The third-order valence-corrected chi connectivity index (χ3v) is 4.90. The molecule has 6 nitrogen and oxygen atoms in total. The lowest BCUT2D eigenvalue weighted by atomic mass is 9.93. The summed E-state index contributed by atoms with van der Waals surface area (Å²) in [6, 6.07) is 2.33. The van der Waals surface area contributed by atoms with Gasteiger partial charge in [-0.05, 0) is 44.9 Å². The molecule has 2 saturated heterocycles. The molecule has 0 spiro atoms. The van der Waals surface area contributed by atoms with E-state index in [-0.39, 0.29) is 31.7 Å². The number of piperidine rings is 1. The monoisotopic (exact) mass is 414 g/mol. The zero-order chi connectivity index (χ0) is 21.3. The highest BCUT2D eigenvalue weighted by Crippen LogP contribution is 2.35. The lowest BCUT2D eigenvalue weighted by Gasteiger charge is -2.36. The van der Waals surface area contributed by atoms with Crippen LogP contribution in [0.2, 0.25) is 0 Å². The largest absolute Gasteiger partial charge is 0.444 e. The van der Waals surface area contributed by atoms with Crippen LogP contribution in [0.3, 0.4) is 0 Å². The molecule has 0 N–H and O–H groups in total. The molecule has 1 aromatic rings. The predicted molar refractivity (Wildman–Crippen MR) is 97.3 cm³/mol. The summed E-state index contributed by atoms with van der Waals surface area (Å²) in [5.41, 5.74) is -0.443. The second kappa shape index (κ2) is 8.22. The SMILES string of the molecule is CC(C)(C)OC(=O)N1CC[C@@H](C(=O)N2OCCC2c2cc(F)cc(F)c2)[C@@H](F)C1. The fourth-order valence-corrected chi connectivity index (χ4v) is 3.60. The van der Waals surface area contributed by atoms with Crippen LogP contribution in [0.25, 0.3) is 0 Å². The Hall–Kier alpha value is -2.29. The maximum Gasteiger partial charge on any atom is 0.410 e. The van der Waals surface area contributed by atoms with Gasteiger partial charge in [-0.3, -0.25) is 9.63 Å². The average Bonchev–Trinajstić information content (AvgIpc) is 3.08. The van der Waals surface area contributed by atoms with E-state index < -0.39 is 47.4 Å². The van der Waals surface area contributed by atoms with Gasteiger partial charge in [0.05, 0.1) is 25.1 Å². The number of carbonyl (C=O) groups excluding carboxylic acids is 2. The molecule has 2 aliphatic rings. The zero-order valence-corrected chi connectivity index (χ0v) is 16.7. The molecule has 29 heavy (non-hydrogen) atoms. The number of likely N-dealkylation sites (tertiary alicyclic amines) is 1. The molecule has 2 aliphatic heterocycles. The lowest BCUT2D eigenvalue weighted by Crippen LogP contribution is -2.51. The molecule has 1 aromatic carbocycles. The van der Waals surface area contributed by atoms with Crippen LogP contribution < -0.4 is 0 Å². The van der Waals surface area contributed by atoms with Gasteiger partial charge in [-0.2, -0.15) is 0 Å². The van der Waals surface area contributed by atoms with Gasteiger partial charge >= 0.3 is 6.09 Å². The van der Waals surface area contributed by atoms with Crippen LogP contribution in [-0.4, -0.2) is 53.4 Å². The summed E-state index contributed by atoms with van der Waals surface area (Å²) in [5.74, 6) is -3.11. The van der Waals surface area contributed by atoms with Gasteiger partial charge in [0, 0.05) is 19.0 Å². The molecule has 0 saturated carbocycles. The van der Waals surface area contributed by atoms with Crippen LogP contribution in [0.15, 0.2) is 18.2 Å². The third-order valence-electron chi connectivity index (χ3n) is 4.90. The van der Waals surface area contributed by atoms with Crippen molar-refractivity contribution in [3.05, 3.63) is 35.4 Å². The summed E-state index contributed by atoms with van der Waals surface area (Å²) in [7, 11) is 0. The molecular weight excluding hydrogens is 389 g/mol. The summed E-state index contributed by atoms with van der Waals surface area (Å²) in [6.07, 6.45) is -1.78. The first-order valence-electron chi connectivity index (χ1n) is 9.59. The van der Waals surface area contributed by atoms with Gasteiger partial charge in [-0.1, -0.05) is 0 Å². The quantitative estimate of drug-likeness (QED) is 0.739. The van der Waals surface area contributed by atoms with Gasteiger partial charge in [-0.15, -0.1) is 0 Å². The molecule has 0 aliphatic carbocycles. The summed E-state index contributed by atoms with van der Waals surface area (Å²) in [4.78, 5) is 31.7. The van der Waals surface area contributed by atoms with E-state index >= 15 is 0 Å². The summed E-state index contributed by atoms with van der Waals surface area (Å²) >= 11 is 0. The van der Waals surface area contributed by atoms with Crippen molar-refractivity contribution < 1.29 is 32.3 Å². The van der Waals surface area contributed by atoms with E-state index in [0.29, 0.717) is 6.42 Å². The predicted octanol–water partition coefficient (Wildman–Crippen LogP) is 3.76. The van der Waals surface area contributed by atoms with Crippen molar-refractivity contribution in [3.8, 4) is 0 Å². The Bertz CT molecular complexity index is 763. The fourth-order valence-electron chi connectivity index (χ4n) is 3.60. The zero-order valence-electron chi connectivity index (χ0n) is 16.7. The Kier molecular flexibility index (Phi) is 6.07. The number of rotatable bonds is 2. The fraction of sp³-hybridized carbons (Fsp3) is 0.600. The molecule has 0 radical (unpaired) electrons. The van der Waals surface area contributed by atoms with Crippen molar-refractivity contribution >= 4 is 12.0 Å². The van der Waals surface area contributed by atoms with Crippen molar-refractivity contribution in [3.63, 3.8) is 0 Å². The molecule has 0 bridgehead atoms. The molecule has 9 heteroatoms. The normalized spacial score (nSPS) is 25.2. The number of ether oxygens (including phenoxy) is 1. The molecule has 3 rings (SSSR count). The van der Waals surface area contributed by atoms with Crippen LogP contribution in [0, 0.1) is 17.6 Å². The minimum Gasteiger partial charge on any atom is -0.444 e. The highest BCUT2D eigenvalue weighted by molar-refractivity contribution is 5.80. The highest BCUT2D eigenvalue weighted by Gasteiger charge is 2.43. The van der Waals surface area contributed by atoms with Crippen molar-refractivity contribution in [2.24, 2.45) is 5.92 Å². The second-order valence-corrected chi connectivity index (χ2v) is 8.34. The number of amides is 2. The van der Waals surface area contributed by atoms with Crippen molar-refractivity contribution in [2.45, 2.75) is 51.4 Å². The maximum atomic E-state index is 14.8. The molecule has 3 atom stereocenters. The van der Waals surface area contributed by atoms with E-state index in [0.717, 1.165) is 23.3 Å². The Morgan fingerprint density at radius 1 is 1.14 bits per heavy atom. The topological polar surface area (TPSA) is 59.1 Å². The van der Waals surface area contributed by atoms with Crippen LogP contribution in [-0.2, 0) is 14.4 Å². The number of hydrogen-bond donors (Lipinski definition) is 0. The molecule has 2 amide bonds. The Labute approximate surface area is 167 Å². The standard InChI is InChI=1S/C20H25F3N2O4/c1-20(2,3)29-19(27)24-6-4-15(16(23)11-24)18(26)25-17(5-7-28-25)12-8-13(21)10-14(22)9-12/h8-10,15-17H,4-7,11H2,1-3H3/t15-,16+,17?/m1/s1. The van der Waals surface area contributed by atoms with E-state index in [9.17, 15) is 22.8 Å². The number of alkyl halides is 1. The minimum absolute atomic E-state index is 0.101. The van der Waals surface area contributed by atoms with Crippen LogP contribution >= 0.6 is 0 Å². The first-order chi connectivity index (χ1) is 13.5. The summed E-state index contributed by atoms with van der Waals surface area (Å²) in [6.45, 7) is 5.23. The number of halogens is 3. The number of hydrogen-bond acceptors (Lipinski definition) is 4. The lowest BCUT2D eigenvalue weighted by molar-refractivity contribution is -0.185. The first kappa shape index (κ1) is 21.4. The third kappa shape index (κ3) is 5.01. The maximum absolute atomic E-state index is 14.8. The number of carbonyl (C=O) groups is 2.